The Bertz CT molecular complexity index is 500. The number of rotatable bonds is 3. The van der Waals surface area contributed by atoms with Crippen molar-refractivity contribution in [2.45, 2.75) is 4.90 Å². The molecular weight excluding hydrogens is 345 g/mol. The van der Waals surface area contributed by atoms with Gasteiger partial charge in [0.2, 0.25) is 5.91 Å². The maximum Gasteiger partial charge on any atom is 0.294 e. The van der Waals surface area contributed by atoms with Crippen LogP contribution in [0.15, 0.2) is 29.2 Å². The number of amides is 1. The Balaban J connectivity index is 3.13. The zero-order chi connectivity index (χ0) is 12.3. The summed E-state index contributed by atoms with van der Waals surface area (Å²) >= 11 is 1.92. The van der Waals surface area contributed by atoms with Gasteiger partial charge in [0.1, 0.15) is 0 Å². The Morgan fingerprint density at radius 2 is 2.12 bits per heavy atom. The van der Waals surface area contributed by atoms with Crippen LogP contribution < -0.4 is 4.90 Å². The fourth-order valence-corrected chi connectivity index (χ4v) is 2.12. The van der Waals surface area contributed by atoms with Gasteiger partial charge in [-0.1, -0.05) is 28.7 Å². The maximum absolute atomic E-state index is 11.4. The summed E-state index contributed by atoms with van der Waals surface area (Å²) in [7, 11) is -2.69. The first-order chi connectivity index (χ1) is 7.36. The third-order valence-electron chi connectivity index (χ3n) is 1.99. The lowest BCUT2D eigenvalue weighted by atomic mass is 10.3. The predicted molar refractivity (Wildman–Crippen MR) is 68.6 cm³/mol. The van der Waals surface area contributed by atoms with E-state index in [0.717, 1.165) is 0 Å². The summed E-state index contributed by atoms with van der Waals surface area (Å²) in [6.07, 6.45) is 0. The molecule has 1 N–H and O–H groups in total. The zero-order valence-corrected chi connectivity index (χ0v) is 11.4. The summed E-state index contributed by atoms with van der Waals surface area (Å²) in [4.78, 5) is 12.5. The summed E-state index contributed by atoms with van der Waals surface area (Å²) in [5.41, 5.74) is 0.428. The Kier molecular flexibility index (Phi) is 4.28. The van der Waals surface area contributed by atoms with Crippen LogP contribution in [0.2, 0.25) is 0 Å². The highest BCUT2D eigenvalue weighted by Crippen LogP contribution is 2.18. The van der Waals surface area contributed by atoms with Gasteiger partial charge in [0.05, 0.1) is 9.32 Å². The molecule has 0 heterocycles. The normalized spacial score (nSPS) is 11.2. The molecule has 0 aromatic heterocycles. The number of hydrogen-bond acceptors (Lipinski definition) is 3. The van der Waals surface area contributed by atoms with Gasteiger partial charge in [-0.25, -0.2) is 0 Å². The van der Waals surface area contributed by atoms with Crippen LogP contribution in [0, 0.1) is 0 Å². The van der Waals surface area contributed by atoms with Gasteiger partial charge in [0.15, 0.2) is 0 Å². The average molecular weight is 355 g/mol. The minimum Gasteiger partial charge on any atom is -0.315 e. The quantitative estimate of drug-likeness (QED) is 0.504. The van der Waals surface area contributed by atoms with E-state index in [-0.39, 0.29) is 10.8 Å². The number of benzene rings is 1. The van der Waals surface area contributed by atoms with Gasteiger partial charge in [-0.05, 0) is 18.2 Å². The van der Waals surface area contributed by atoms with Crippen LogP contribution >= 0.6 is 22.6 Å². The molecule has 0 unspecified atom stereocenters. The van der Waals surface area contributed by atoms with Crippen molar-refractivity contribution < 1.29 is 17.8 Å². The van der Waals surface area contributed by atoms with E-state index in [2.05, 4.69) is 0 Å². The number of carbonyl (C=O) groups excluding carboxylic acids is 1. The first kappa shape index (κ1) is 13.4. The molecule has 1 rings (SSSR count). The second-order valence-electron chi connectivity index (χ2n) is 3.06. The molecule has 88 valence electrons. The number of anilines is 1. The lowest BCUT2D eigenvalue weighted by Gasteiger charge is -2.16. The molecule has 0 spiro atoms. The van der Waals surface area contributed by atoms with Gasteiger partial charge in [-0.15, -0.1) is 0 Å². The molecule has 0 aliphatic heterocycles. The molecule has 0 aliphatic rings. The third kappa shape index (κ3) is 3.16. The van der Waals surface area contributed by atoms with Crippen LogP contribution in [0.3, 0.4) is 0 Å². The van der Waals surface area contributed by atoms with Crippen molar-refractivity contribution in [3.63, 3.8) is 0 Å². The predicted octanol–water partition coefficient (Wildman–Crippen LogP) is 1.33. The molecule has 0 saturated carbocycles. The van der Waals surface area contributed by atoms with E-state index >= 15 is 0 Å². The largest absolute Gasteiger partial charge is 0.315 e. The molecule has 0 fully saturated rings. The molecule has 1 aromatic carbocycles. The Morgan fingerprint density at radius 1 is 1.50 bits per heavy atom. The zero-order valence-electron chi connectivity index (χ0n) is 8.42. The van der Waals surface area contributed by atoms with Crippen molar-refractivity contribution in [1.82, 2.24) is 0 Å². The summed E-state index contributed by atoms with van der Waals surface area (Å²) in [6.45, 7) is 0. The van der Waals surface area contributed by atoms with Crippen molar-refractivity contribution in [2.75, 3.05) is 16.4 Å². The number of carbonyl (C=O) groups is 1. The highest BCUT2D eigenvalue weighted by molar-refractivity contribution is 14.1. The Labute approximate surface area is 107 Å². The van der Waals surface area contributed by atoms with E-state index < -0.39 is 10.1 Å². The monoisotopic (exact) mass is 355 g/mol. The van der Waals surface area contributed by atoms with E-state index in [1.54, 1.807) is 13.1 Å². The molecular formula is C9H10INO4S. The first-order valence-electron chi connectivity index (χ1n) is 4.26. The Morgan fingerprint density at radius 3 is 2.62 bits per heavy atom. The van der Waals surface area contributed by atoms with E-state index in [1.165, 1.54) is 23.1 Å². The van der Waals surface area contributed by atoms with Gasteiger partial charge in [-0.3, -0.25) is 9.35 Å². The molecule has 0 saturated heterocycles. The van der Waals surface area contributed by atoms with Crippen LogP contribution in [-0.4, -0.2) is 30.4 Å². The number of hydrogen-bond donors (Lipinski definition) is 1. The number of halogens is 1. The number of nitrogens with zero attached hydrogens (tertiary/aromatic N) is 1. The molecule has 0 aliphatic carbocycles. The summed E-state index contributed by atoms with van der Waals surface area (Å²) in [5.74, 6) is -0.145. The first-order valence-corrected chi connectivity index (χ1v) is 7.23. The van der Waals surface area contributed by atoms with Gasteiger partial charge in [0.25, 0.3) is 10.1 Å². The summed E-state index contributed by atoms with van der Waals surface area (Å²) < 4.78 is 30.9. The minimum absolute atomic E-state index is 0.145. The van der Waals surface area contributed by atoms with Crippen LogP contribution in [0.5, 0.6) is 0 Å². The van der Waals surface area contributed by atoms with E-state index in [0.29, 0.717) is 10.1 Å². The SMILES string of the molecule is CN(C(=O)CI)c1cccc(S(=O)(=O)O)c1. The molecule has 1 aromatic rings. The molecule has 1 amide bonds. The van der Waals surface area contributed by atoms with Crippen molar-refractivity contribution in [2.24, 2.45) is 0 Å². The van der Waals surface area contributed by atoms with Crippen molar-refractivity contribution in [3.8, 4) is 0 Å². The number of alkyl halides is 1. The smallest absolute Gasteiger partial charge is 0.294 e. The fraction of sp³-hybridized carbons (Fsp3) is 0.222. The van der Waals surface area contributed by atoms with Crippen LogP contribution in [0.1, 0.15) is 0 Å². The maximum atomic E-state index is 11.4. The van der Waals surface area contributed by atoms with Crippen molar-refractivity contribution in [3.05, 3.63) is 24.3 Å². The average Bonchev–Trinajstić information content (AvgIpc) is 2.26. The fourth-order valence-electron chi connectivity index (χ4n) is 1.09. The van der Waals surface area contributed by atoms with E-state index in [9.17, 15) is 13.2 Å². The van der Waals surface area contributed by atoms with E-state index in [1.807, 2.05) is 22.6 Å². The van der Waals surface area contributed by atoms with Gasteiger partial charge >= 0.3 is 0 Å². The lowest BCUT2D eigenvalue weighted by molar-refractivity contribution is -0.115. The second kappa shape index (κ2) is 5.11. The van der Waals surface area contributed by atoms with Gasteiger partial charge in [-0.2, -0.15) is 8.42 Å². The topological polar surface area (TPSA) is 74.7 Å². The lowest BCUT2D eigenvalue weighted by Crippen LogP contribution is -2.27. The molecule has 7 heteroatoms. The standard InChI is InChI=1S/C9H10INO4S/c1-11(9(12)6-10)7-3-2-4-8(5-7)16(13,14)15/h2-5H,6H2,1H3,(H,13,14,15). The summed E-state index contributed by atoms with van der Waals surface area (Å²) in [6, 6.07) is 5.58. The minimum atomic E-state index is -4.23. The van der Waals surface area contributed by atoms with Crippen molar-refractivity contribution >= 4 is 44.3 Å². The molecule has 0 bridgehead atoms. The van der Waals surface area contributed by atoms with Crippen LogP contribution in [-0.2, 0) is 14.9 Å². The highest BCUT2D eigenvalue weighted by Gasteiger charge is 2.13. The molecule has 16 heavy (non-hydrogen) atoms. The van der Waals surface area contributed by atoms with Crippen molar-refractivity contribution in [1.29, 1.82) is 0 Å². The third-order valence-corrected chi connectivity index (χ3v) is 3.49. The second-order valence-corrected chi connectivity index (χ2v) is 5.24. The highest BCUT2D eigenvalue weighted by atomic mass is 127. The van der Waals surface area contributed by atoms with Gasteiger partial charge < -0.3 is 4.90 Å². The van der Waals surface area contributed by atoms with Crippen LogP contribution in [0.4, 0.5) is 5.69 Å². The summed E-state index contributed by atoms with van der Waals surface area (Å²) in [5, 5.41) is 0. The van der Waals surface area contributed by atoms with E-state index in [4.69, 9.17) is 4.55 Å². The molecule has 0 atom stereocenters. The van der Waals surface area contributed by atoms with Gasteiger partial charge in [0, 0.05) is 12.7 Å². The molecule has 5 nitrogen and oxygen atoms in total. The molecule has 0 radical (unpaired) electrons. The Hall–Kier alpha value is -0.670. The van der Waals surface area contributed by atoms with Crippen LogP contribution in [0.25, 0.3) is 0 Å².